The highest BCUT2D eigenvalue weighted by Crippen LogP contribution is 2.24. The van der Waals surface area contributed by atoms with Crippen LogP contribution in [0.1, 0.15) is 20.8 Å². The molecule has 1 amide bonds. The van der Waals surface area contributed by atoms with Gasteiger partial charge in [0.2, 0.25) is 0 Å². The minimum atomic E-state index is -0.0736. The first-order valence-corrected chi connectivity index (χ1v) is 7.61. The average Bonchev–Trinajstić information content (AvgIpc) is 2.75. The van der Waals surface area contributed by atoms with Gasteiger partial charge in [0.25, 0.3) is 5.91 Å². The molecule has 2 aliphatic heterocycles. The smallest absolute Gasteiger partial charge is 0.282 e. The van der Waals surface area contributed by atoms with E-state index in [2.05, 4.69) is 23.8 Å². The number of anilines is 1. The molecule has 0 bridgehead atoms. The lowest BCUT2D eigenvalue weighted by atomic mass is 10.1. The van der Waals surface area contributed by atoms with Gasteiger partial charge >= 0.3 is 0 Å². The first-order valence-electron chi connectivity index (χ1n) is 7.61. The lowest BCUT2D eigenvalue weighted by Crippen LogP contribution is -2.43. The summed E-state index contributed by atoms with van der Waals surface area (Å²) in [5.41, 5.74) is 2.20. The van der Waals surface area contributed by atoms with Crippen LogP contribution >= 0.6 is 0 Å². The standard InChI is InChI=1S/C17H21N3O2/c1-12-9-19(10-13(2)22-12)11-16-14(3)18-20(17(16)21)15-7-5-4-6-8-15/h4-8,11-13H,9-10H2,1-3H3/b16-11+. The first kappa shape index (κ1) is 14.8. The van der Waals surface area contributed by atoms with Crippen LogP contribution in [0.25, 0.3) is 0 Å². The molecule has 2 atom stereocenters. The monoisotopic (exact) mass is 299 g/mol. The molecule has 2 aliphatic rings. The second kappa shape index (κ2) is 5.93. The summed E-state index contributed by atoms with van der Waals surface area (Å²) in [6.45, 7) is 7.56. The molecule has 2 unspecified atom stereocenters. The molecule has 0 aliphatic carbocycles. The number of nitrogens with zero attached hydrogens (tertiary/aromatic N) is 3. The molecule has 1 aromatic carbocycles. The Balaban J connectivity index is 1.82. The maximum absolute atomic E-state index is 12.6. The molecule has 0 radical (unpaired) electrons. The molecule has 3 rings (SSSR count). The van der Waals surface area contributed by atoms with Gasteiger partial charge in [0.15, 0.2) is 0 Å². The van der Waals surface area contributed by atoms with Gasteiger partial charge in [0, 0.05) is 19.3 Å². The topological polar surface area (TPSA) is 45.1 Å². The number of carbonyl (C=O) groups excluding carboxylic acids is 1. The van der Waals surface area contributed by atoms with Gasteiger partial charge in [-0.25, -0.2) is 0 Å². The molecular formula is C17H21N3O2. The van der Waals surface area contributed by atoms with Gasteiger partial charge < -0.3 is 9.64 Å². The van der Waals surface area contributed by atoms with Gasteiger partial charge in [-0.2, -0.15) is 10.1 Å². The van der Waals surface area contributed by atoms with Crippen LogP contribution in [-0.2, 0) is 9.53 Å². The highest BCUT2D eigenvalue weighted by Gasteiger charge is 2.30. The van der Waals surface area contributed by atoms with Crippen molar-refractivity contribution in [2.24, 2.45) is 5.10 Å². The van der Waals surface area contributed by atoms with Gasteiger partial charge in [-0.3, -0.25) is 4.79 Å². The molecule has 5 nitrogen and oxygen atoms in total. The van der Waals surface area contributed by atoms with Crippen molar-refractivity contribution in [1.82, 2.24) is 4.90 Å². The second-order valence-electron chi connectivity index (χ2n) is 5.89. The summed E-state index contributed by atoms with van der Waals surface area (Å²) < 4.78 is 5.73. The van der Waals surface area contributed by atoms with E-state index in [0.29, 0.717) is 5.57 Å². The molecule has 0 N–H and O–H groups in total. The zero-order valence-electron chi connectivity index (χ0n) is 13.2. The van der Waals surface area contributed by atoms with E-state index in [1.807, 2.05) is 43.5 Å². The zero-order valence-corrected chi connectivity index (χ0v) is 13.2. The van der Waals surface area contributed by atoms with Crippen LogP contribution in [0.5, 0.6) is 0 Å². The lowest BCUT2D eigenvalue weighted by Gasteiger charge is -2.34. The van der Waals surface area contributed by atoms with Crippen LogP contribution in [0.15, 0.2) is 47.2 Å². The molecule has 0 aromatic heterocycles. The first-order chi connectivity index (χ1) is 10.5. The molecule has 2 heterocycles. The third-order valence-corrected chi connectivity index (χ3v) is 3.82. The van der Waals surface area contributed by atoms with Crippen LogP contribution in [0.4, 0.5) is 5.69 Å². The van der Waals surface area contributed by atoms with E-state index in [0.717, 1.165) is 24.5 Å². The zero-order chi connectivity index (χ0) is 15.7. The SMILES string of the molecule is CC1=NN(c2ccccc2)C(=O)/C1=C/N1CC(C)OC(C)C1. The van der Waals surface area contributed by atoms with Crippen molar-refractivity contribution in [3.8, 4) is 0 Å². The van der Waals surface area contributed by atoms with Gasteiger partial charge in [-0.1, -0.05) is 18.2 Å². The fraction of sp³-hybridized carbons (Fsp3) is 0.412. The Kier molecular flexibility index (Phi) is 3.98. The third kappa shape index (κ3) is 2.90. The van der Waals surface area contributed by atoms with Crippen LogP contribution in [0, 0.1) is 0 Å². The minimum absolute atomic E-state index is 0.0736. The average molecular weight is 299 g/mol. The summed E-state index contributed by atoms with van der Waals surface area (Å²) in [5, 5.41) is 5.87. The number of para-hydroxylation sites is 1. The molecule has 116 valence electrons. The predicted molar refractivity (Wildman–Crippen MR) is 86.7 cm³/mol. The van der Waals surface area contributed by atoms with Crippen molar-refractivity contribution in [2.45, 2.75) is 33.0 Å². The van der Waals surface area contributed by atoms with Crippen molar-refractivity contribution < 1.29 is 9.53 Å². The number of hydrogen-bond acceptors (Lipinski definition) is 4. The summed E-state index contributed by atoms with van der Waals surface area (Å²) in [4.78, 5) is 14.8. The number of rotatable bonds is 2. The number of benzene rings is 1. The predicted octanol–water partition coefficient (Wildman–Crippen LogP) is 2.40. The number of carbonyl (C=O) groups is 1. The molecule has 0 spiro atoms. The van der Waals surface area contributed by atoms with E-state index in [1.165, 1.54) is 5.01 Å². The van der Waals surface area contributed by atoms with E-state index in [-0.39, 0.29) is 18.1 Å². The Morgan fingerprint density at radius 2 is 1.82 bits per heavy atom. The lowest BCUT2D eigenvalue weighted by molar-refractivity contribution is -0.114. The normalized spacial score (nSPS) is 27.5. The summed E-state index contributed by atoms with van der Waals surface area (Å²) in [6, 6.07) is 9.50. The second-order valence-corrected chi connectivity index (χ2v) is 5.89. The van der Waals surface area contributed by atoms with Crippen molar-refractivity contribution in [3.05, 3.63) is 42.1 Å². The van der Waals surface area contributed by atoms with E-state index in [1.54, 1.807) is 0 Å². The number of morpholine rings is 1. The van der Waals surface area contributed by atoms with Crippen molar-refractivity contribution >= 4 is 17.3 Å². The summed E-state index contributed by atoms with van der Waals surface area (Å²) >= 11 is 0. The Bertz CT molecular complexity index is 614. The summed E-state index contributed by atoms with van der Waals surface area (Å²) in [5.74, 6) is -0.0736. The molecule has 1 aromatic rings. The molecule has 1 fully saturated rings. The van der Waals surface area contributed by atoms with Crippen LogP contribution < -0.4 is 5.01 Å². The Labute approximate surface area is 130 Å². The highest BCUT2D eigenvalue weighted by atomic mass is 16.5. The Morgan fingerprint density at radius 1 is 1.18 bits per heavy atom. The maximum Gasteiger partial charge on any atom is 0.282 e. The van der Waals surface area contributed by atoms with Gasteiger partial charge in [0.05, 0.1) is 29.2 Å². The number of amides is 1. The fourth-order valence-corrected chi connectivity index (χ4v) is 2.92. The van der Waals surface area contributed by atoms with Gasteiger partial charge in [0.1, 0.15) is 0 Å². The maximum atomic E-state index is 12.6. The fourth-order valence-electron chi connectivity index (χ4n) is 2.92. The summed E-state index contributed by atoms with van der Waals surface area (Å²) in [7, 11) is 0. The van der Waals surface area contributed by atoms with Crippen molar-refractivity contribution in [2.75, 3.05) is 18.1 Å². The molecule has 5 heteroatoms. The van der Waals surface area contributed by atoms with E-state index in [9.17, 15) is 4.79 Å². The van der Waals surface area contributed by atoms with Crippen LogP contribution in [0.3, 0.4) is 0 Å². The van der Waals surface area contributed by atoms with E-state index >= 15 is 0 Å². The molecule has 0 saturated carbocycles. The van der Waals surface area contributed by atoms with Crippen molar-refractivity contribution in [1.29, 1.82) is 0 Å². The van der Waals surface area contributed by atoms with Crippen LogP contribution in [-0.4, -0.2) is 41.8 Å². The number of ether oxygens (including phenoxy) is 1. The van der Waals surface area contributed by atoms with Crippen LogP contribution in [0.2, 0.25) is 0 Å². The minimum Gasteiger partial charge on any atom is -0.372 e. The number of hydrazone groups is 1. The molecule has 1 saturated heterocycles. The van der Waals surface area contributed by atoms with E-state index in [4.69, 9.17) is 4.74 Å². The van der Waals surface area contributed by atoms with Gasteiger partial charge in [-0.15, -0.1) is 0 Å². The molecular weight excluding hydrogens is 278 g/mol. The van der Waals surface area contributed by atoms with E-state index < -0.39 is 0 Å². The third-order valence-electron chi connectivity index (χ3n) is 3.82. The Morgan fingerprint density at radius 3 is 2.45 bits per heavy atom. The van der Waals surface area contributed by atoms with Gasteiger partial charge in [-0.05, 0) is 32.9 Å². The summed E-state index contributed by atoms with van der Waals surface area (Å²) in [6.07, 6.45) is 2.26. The Hall–Kier alpha value is -2.14. The number of hydrogen-bond donors (Lipinski definition) is 0. The quantitative estimate of drug-likeness (QED) is 0.788. The van der Waals surface area contributed by atoms with Crippen molar-refractivity contribution in [3.63, 3.8) is 0 Å². The highest BCUT2D eigenvalue weighted by molar-refractivity contribution is 6.29. The molecule has 22 heavy (non-hydrogen) atoms. The largest absolute Gasteiger partial charge is 0.372 e.